The minimum atomic E-state index is 0.147. The maximum Gasteiger partial charge on any atom is 0.325 e. The van der Waals surface area contributed by atoms with Crippen molar-refractivity contribution in [3.63, 3.8) is 0 Å². The van der Waals surface area contributed by atoms with Gasteiger partial charge in [0.15, 0.2) is 0 Å². The maximum atomic E-state index is 12.3. The van der Waals surface area contributed by atoms with Crippen molar-refractivity contribution in [1.82, 2.24) is 9.55 Å². The zero-order valence-electron chi connectivity index (χ0n) is 12.5. The van der Waals surface area contributed by atoms with Crippen LogP contribution in [0.2, 0.25) is 0 Å². The van der Waals surface area contributed by atoms with Gasteiger partial charge in [-0.05, 0) is 68.6 Å². The van der Waals surface area contributed by atoms with Gasteiger partial charge in [0.25, 0.3) is 0 Å². The topological polar surface area (TPSA) is 37.8 Å². The van der Waals surface area contributed by atoms with Crippen LogP contribution in [0, 0.1) is 23.7 Å². The summed E-state index contributed by atoms with van der Waals surface area (Å²) in [7, 11) is 0. The summed E-state index contributed by atoms with van der Waals surface area (Å²) in [5.74, 6) is 3.50. The average molecular weight is 274 g/mol. The summed E-state index contributed by atoms with van der Waals surface area (Å²) in [6, 6.07) is 0.502. The third-order valence-corrected chi connectivity index (χ3v) is 6.09. The molecule has 1 aromatic rings. The molecule has 4 saturated carbocycles. The SMILES string of the molecule is CCCCc1cn(C2C3CC4CC(C3)CC2C4)c(=O)[nH]1. The first-order valence-corrected chi connectivity index (χ1v) is 8.54. The average Bonchev–Trinajstić information content (AvgIpc) is 2.76. The maximum absolute atomic E-state index is 12.3. The molecule has 4 fully saturated rings. The summed E-state index contributed by atoms with van der Waals surface area (Å²) in [5.41, 5.74) is 1.29. The van der Waals surface area contributed by atoms with Gasteiger partial charge in [-0.25, -0.2) is 4.79 Å². The van der Waals surface area contributed by atoms with E-state index in [1.54, 1.807) is 0 Å². The number of hydrogen-bond donors (Lipinski definition) is 1. The van der Waals surface area contributed by atoms with Gasteiger partial charge in [-0.1, -0.05) is 13.3 Å². The molecular weight excluding hydrogens is 248 g/mol. The van der Waals surface area contributed by atoms with Crippen molar-refractivity contribution < 1.29 is 0 Å². The van der Waals surface area contributed by atoms with Crippen LogP contribution in [0.4, 0.5) is 0 Å². The van der Waals surface area contributed by atoms with E-state index in [-0.39, 0.29) is 5.69 Å². The van der Waals surface area contributed by atoms with Gasteiger partial charge in [-0.15, -0.1) is 0 Å². The number of hydrogen-bond acceptors (Lipinski definition) is 1. The molecule has 4 aliphatic carbocycles. The Balaban J connectivity index is 1.61. The zero-order chi connectivity index (χ0) is 13.7. The van der Waals surface area contributed by atoms with Crippen LogP contribution in [0.15, 0.2) is 11.0 Å². The molecule has 3 heteroatoms. The largest absolute Gasteiger partial charge is 0.325 e. The van der Waals surface area contributed by atoms with Crippen molar-refractivity contribution in [2.75, 3.05) is 0 Å². The lowest BCUT2D eigenvalue weighted by atomic mass is 9.54. The van der Waals surface area contributed by atoms with Crippen molar-refractivity contribution >= 4 is 0 Å². The summed E-state index contributed by atoms with van der Waals surface area (Å²) in [5, 5.41) is 0. The second kappa shape index (κ2) is 4.78. The molecule has 0 aliphatic heterocycles. The first-order chi connectivity index (χ1) is 9.74. The third kappa shape index (κ3) is 1.97. The lowest BCUT2D eigenvalue weighted by Gasteiger charge is -2.54. The van der Waals surface area contributed by atoms with Crippen molar-refractivity contribution in [1.29, 1.82) is 0 Å². The Morgan fingerprint density at radius 1 is 1.15 bits per heavy atom. The highest BCUT2D eigenvalue weighted by molar-refractivity contribution is 5.05. The van der Waals surface area contributed by atoms with Crippen LogP contribution in [0.5, 0.6) is 0 Å². The summed E-state index contributed by atoms with van der Waals surface area (Å²) in [6.45, 7) is 2.20. The number of aryl methyl sites for hydroxylation is 1. The van der Waals surface area contributed by atoms with E-state index in [2.05, 4.69) is 22.7 Å². The zero-order valence-corrected chi connectivity index (χ0v) is 12.5. The van der Waals surface area contributed by atoms with Crippen LogP contribution in [0.3, 0.4) is 0 Å². The number of rotatable bonds is 4. The number of nitrogens with zero attached hydrogens (tertiary/aromatic N) is 1. The van der Waals surface area contributed by atoms with Gasteiger partial charge in [0.2, 0.25) is 0 Å². The van der Waals surface area contributed by atoms with Crippen LogP contribution in [-0.2, 0) is 6.42 Å². The molecule has 0 saturated heterocycles. The minimum absolute atomic E-state index is 0.147. The molecule has 1 heterocycles. The van der Waals surface area contributed by atoms with Gasteiger partial charge >= 0.3 is 5.69 Å². The van der Waals surface area contributed by atoms with Gasteiger partial charge in [-0.2, -0.15) is 0 Å². The normalized spacial score (nSPS) is 38.5. The molecule has 0 atom stereocenters. The fourth-order valence-electron chi connectivity index (χ4n) is 5.53. The molecule has 3 nitrogen and oxygen atoms in total. The fraction of sp³-hybridized carbons (Fsp3) is 0.824. The van der Waals surface area contributed by atoms with Crippen LogP contribution in [0.1, 0.15) is 63.6 Å². The summed E-state index contributed by atoms with van der Waals surface area (Å²) in [6.07, 6.45) is 12.5. The van der Waals surface area contributed by atoms with E-state index >= 15 is 0 Å². The van der Waals surface area contributed by atoms with Crippen LogP contribution < -0.4 is 5.69 Å². The van der Waals surface area contributed by atoms with Crippen molar-refractivity contribution in [2.24, 2.45) is 23.7 Å². The standard InChI is InChI=1S/C17H26N2O/c1-2-3-4-15-10-19(17(20)18-15)16-13-6-11-5-12(8-13)9-14(16)7-11/h10-14,16H,2-9H2,1H3,(H,18,20). The van der Waals surface area contributed by atoms with Gasteiger partial charge in [0.05, 0.1) is 0 Å². The van der Waals surface area contributed by atoms with Crippen LogP contribution >= 0.6 is 0 Å². The Morgan fingerprint density at radius 3 is 2.40 bits per heavy atom. The number of imidazole rings is 1. The molecule has 4 bridgehead atoms. The first kappa shape index (κ1) is 12.7. The highest BCUT2D eigenvalue weighted by atomic mass is 16.1. The molecule has 1 N–H and O–H groups in total. The fourth-order valence-corrected chi connectivity index (χ4v) is 5.53. The molecular formula is C17H26N2O. The van der Waals surface area contributed by atoms with E-state index in [1.807, 2.05) is 0 Å². The Hall–Kier alpha value is -0.990. The molecule has 0 unspecified atom stereocenters. The highest BCUT2D eigenvalue weighted by Gasteiger charge is 2.49. The van der Waals surface area contributed by atoms with E-state index in [0.717, 1.165) is 35.8 Å². The molecule has 20 heavy (non-hydrogen) atoms. The minimum Gasteiger partial charge on any atom is -0.310 e. The highest BCUT2D eigenvalue weighted by Crippen LogP contribution is 2.57. The number of nitrogens with one attached hydrogen (secondary N) is 1. The van der Waals surface area contributed by atoms with Crippen molar-refractivity contribution in [3.05, 3.63) is 22.4 Å². The van der Waals surface area contributed by atoms with Crippen LogP contribution in [0.25, 0.3) is 0 Å². The van der Waals surface area contributed by atoms with Gasteiger partial charge in [0.1, 0.15) is 0 Å². The first-order valence-electron chi connectivity index (χ1n) is 8.54. The summed E-state index contributed by atoms with van der Waals surface area (Å²) < 4.78 is 2.08. The van der Waals surface area contributed by atoms with E-state index in [1.165, 1.54) is 44.9 Å². The molecule has 1 aromatic heterocycles. The predicted octanol–water partition coefficient (Wildman–Crippen LogP) is 3.52. The van der Waals surface area contributed by atoms with Crippen molar-refractivity contribution in [3.8, 4) is 0 Å². The second-order valence-corrected chi connectivity index (χ2v) is 7.52. The molecule has 110 valence electrons. The van der Waals surface area contributed by atoms with E-state index in [0.29, 0.717) is 6.04 Å². The van der Waals surface area contributed by atoms with E-state index < -0.39 is 0 Å². The monoisotopic (exact) mass is 274 g/mol. The molecule has 4 aliphatic rings. The summed E-state index contributed by atoms with van der Waals surface area (Å²) in [4.78, 5) is 15.4. The Kier molecular flexibility index (Phi) is 3.04. The quantitative estimate of drug-likeness (QED) is 0.896. The Morgan fingerprint density at radius 2 is 1.80 bits per heavy atom. The van der Waals surface area contributed by atoms with E-state index in [4.69, 9.17) is 0 Å². The van der Waals surface area contributed by atoms with Gasteiger partial charge < -0.3 is 4.98 Å². The van der Waals surface area contributed by atoms with Gasteiger partial charge in [-0.3, -0.25) is 4.57 Å². The molecule has 5 rings (SSSR count). The smallest absolute Gasteiger partial charge is 0.310 e. The van der Waals surface area contributed by atoms with Crippen LogP contribution in [-0.4, -0.2) is 9.55 Å². The molecule has 0 aromatic carbocycles. The predicted molar refractivity (Wildman–Crippen MR) is 79.7 cm³/mol. The lowest BCUT2D eigenvalue weighted by Crippen LogP contribution is -2.47. The number of unbranched alkanes of at least 4 members (excludes halogenated alkanes) is 1. The number of aromatic amines is 1. The number of H-pyrrole nitrogens is 1. The second-order valence-electron chi connectivity index (χ2n) is 7.52. The molecule has 0 spiro atoms. The van der Waals surface area contributed by atoms with Gasteiger partial charge in [0, 0.05) is 17.9 Å². The Bertz CT molecular complexity index is 513. The number of aromatic nitrogens is 2. The molecule has 0 amide bonds. The van der Waals surface area contributed by atoms with Crippen molar-refractivity contribution in [2.45, 2.75) is 64.3 Å². The molecule has 0 radical (unpaired) electrons. The third-order valence-electron chi connectivity index (χ3n) is 6.09. The lowest BCUT2D eigenvalue weighted by molar-refractivity contribution is -0.0303. The Labute approximate surface area is 120 Å². The van der Waals surface area contributed by atoms with E-state index in [9.17, 15) is 4.79 Å². The summed E-state index contributed by atoms with van der Waals surface area (Å²) >= 11 is 0.